The van der Waals surface area contributed by atoms with E-state index in [1.54, 1.807) is 0 Å². The third-order valence-corrected chi connectivity index (χ3v) is 3.82. The molecule has 1 unspecified atom stereocenters. The van der Waals surface area contributed by atoms with Crippen molar-refractivity contribution in [3.05, 3.63) is 17.8 Å². The molecule has 0 bridgehead atoms. The van der Waals surface area contributed by atoms with Crippen LogP contribution >= 0.6 is 11.8 Å². The molecule has 78 valence electrons. The third-order valence-electron chi connectivity index (χ3n) is 2.42. The molecule has 1 atom stereocenters. The Morgan fingerprint density at radius 1 is 1.64 bits per heavy atom. The monoisotopic (exact) mass is 212 g/mol. The highest BCUT2D eigenvalue weighted by molar-refractivity contribution is 8.00. The summed E-state index contributed by atoms with van der Waals surface area (Å²) in [5.41, 5.74) is 5.44. The maximum atomic E-state index is 5.58. The van der Waals surface area contributed by atoms with E-state index in [1.807, 2.05) is 18.0 Å². The number of oxazole rings is 1. The van der Waals surface area contributed by atoms with Crippen LogP contribution in [0.15, 0.2) is 10.6 Å². The first-order valence-corrected chi connectivity index (χ1v) is 6.18. The predicted molar refractivity (Wildman–Crippen MR) is 58.4 cm³/mol. The van der Waals surface area contributed by atoms with Gasteiger partial charge in [-0.25, -0.2) is 4.98 Å². The summed E-state index contributed by atoms with van der Waals surface area (Å²) in [6.45, 7) is 0.632. The second-order valence-corrected chi connectivity index (χ2v) is 5.01. The van der Waals surface area contributed by atoms with Gasteiger partial charge in [0.05, 0.1) is 6.20 Å². The third kappa shape index (κ3) is 2.51. The van der Waals surface area contributed by atoms with Crippen molar-refractivity contribution in [3.63, 3.8) is 0 Å². The van der Waals surface area contributed by atoms with Crippen LogP contribution in [0.3, 0.4) is 0 Å². The van der Waals surface area contributed by atoms with Crippen molar-refractivity contribution in [1.29, 1.82) is 0 Å². The SMILES string of the molecule is NCCc1cnc(CC2CCCS2)o1. The van der Waals surface area contributed by atoms with Crippen LogP contribution in [0, 0.1) is 0 Å². The zero-order valence-corrected chi connectivity index (χ0v) is 9.05. The maximum Gasteiger partial charge on any atom is 0.195 e. The average molecular weight is 212 g/mol. The van der Waals surface area contributed by atoms with E-state index in [0.717, 1.165) is 29.7 Å². The normalized spacial score (nSPS) is 21.6. The molecular formula is C10H16N2OS. The quantitative estimate of drug-likeness (QED) is 0.824. The van der Waals surface area contributed by atoms with Crippen molar-refractivity contribution in [1.82, 2.24) is 4.98 Å². The molecule has 1 aromatic heterocycles. The second-order valence-electron chi connectivity index (χ2n) is 3.60. The van der Waals surface area contributed by atoms with Crippen LogP contribution in [0.25, 0.3) is 0 Å². The van der Waals surface area contributed by atoms with Crippen LogP contribution in [0.1, 0.15) is 24.5 Å². The molecule has 1 aromatic rings. The highest BCUT2D eigenvalue weighted by Gasteiger charge is 2.18. The number of nitrogens with zero attached hydrogens (tertiary/aromatic N) is 1. The Labute approximate surface area is 88.5 Å². The summed E-state index contributed by atoms with van der Waals surface area (Å²) in [4.78, 5) is 4.26. The van der Waals surface area contributed by atoms with E-state index < -0.39 is 0 Å². The molecule has 14 heavy (non-hydrogen) atoms. The van der Waals surface area contributed by atoms with Crippen LogP contribution in [0.2, 0.25) is 0 Å². The summed E-state index contributed by atoms with van der Waals surface area (Å²) in [5, 5.41) is 0.722. The van der Waals surface area contributed by atoms with E-state index in [-0.39, 0.29) is 0 Å². The number of aromatic nitrogens is 1. The molecule has 0 aliphatic carbocycles. The number of hydrogen-bond acceptors (Lipinski definition) is 4. The van der Waals surface area contributed by atoms with Crippen LogP contribution in [0.4, 0.5) is 0 Å². The largest absolute Gasteiger partial charge is 0.446 e. The average Bonchev–Trinajstić information content (AvgIpc) is 2.79. The molecule has 1 aliphatic heterocycles. The van der Waals surface area contributed by atoms with E-state index in [4.69, 9.17) is 10.2 Å². The Morgan fingerprint density at radius 3 is 3.29 bits per heavy atom. The molecule has 0 aromatic carbocycles. The van der Waals surface area contributed by atoms with Gasteiger partial charge < -0.3 is 10.2 Å². The molecule has 0 saturated carbocycles. The van der Waals surface area contributed by atoms with Gasteiger partial charge in [-0.15, -0.1) is 0 Å². The lowest BCUT2D eigenvalue weighted by atomic mass is 10.2. The zero-order valence-electron chi connectivity index (χ0n) is 8.24. The van der Waals surface area contributed by atoms with Crippen molar-refractivity contribution in [2.45, 2.75) is 30.9 Å². The molecule has 2 N–H and O–H groups in total. The van der Waals surface area contributed by atoms with Crippen LogP contribution in [-0.2, 0) is 12.8 Å². The molecule has 2 rings (SSSR count). The Morgan fingerprint density at radius 2 is 2.57 bits per heavy atom. The summed E-state index contributed by atoms with van der Waals surface area (Å²) in [6, 6.07) is 0. The molecule has 1 saturated heterocycles. The van der Waals surface area contributed by atoms with Gasteiger partial charge in [-0.2, -0.15) is 11.8 Å². The first kappa shape index (κ1) is 10.1. The minimum Gasteiger partial charge on any atom is -0.446 e. The Balaban J connectivity index is 1.88. The molecule has 1 aliphatic rings. The molecule has 3 nitrogen and oxygen atoms in total. The maximum absolute atomic E-state index is 5.58. The Hall–Kier alpha value is -0.480. The molecule has 1 fully saturated rings. The van der Waals surface area contributed by atoms with Crippen LogP contribution in [-0.4, -0.2) is 22.5 Å². The second kappa shape index (κ2) is 4.84. The van der Waals surface area contributed by atoms with E-state index >= 15 is 0 Å². The van der Waals surface area contributed by atoms with Gasteiger partial charge in [0.15, 0.2) is 5.89 Å². The number of nitrogens with two attached hydrogens (primary N) is 1. The smallest absolute Gasteiger partial charge is 0.195 e. The topological polar surface area (TPSA) is 52.0 Å². The van der Waals surface area contributed by atoms with Crippen LogP contribution < -0.4 is 5.73 Å². The van der Waals surface area contributed by atoms with E-state index in [0.29, 0.717) is 6.54 Å². The summed E-state index contributed by atoms with van der Waals surface area (Å²) < 4.78 is 5.58. The fourth-order valence-electron chi connectivity index (χ4n) is 1.70. The highest BCUT2D eigenvalue weighted by Crippen LogP contribution is 2.28. The predicted octanol–water partition coefficient (Wildman–Crippen LogP) is 1.61. The first-order valence-electron chi connectivity index (χ1n) is 5.13. The summed E-state index contributed by atoms with van der Waals surface area (Å²) in [7, 11) is 0. The summed E-state index contributed by atoms with van der Waals surface area (Å²) in [6.07, 6.45) is 6.23. The van der Waals surface area contributed by atoms with Gasteiger partial charge in [0, 0.05) is 18.1 Å². The molecule has 4 heteroatoms. The van der Waals surface area contributed by atoms with Gasteiger partial charge in [0.25, 0.3) is 0 Å². The van der Waals surface area contributed by atoms with Gasteiger partial charge in [-0.1, -0.05) is 0 Å². The van der Waals surface area contributed by atoms with Crippen molar-refractivity contribution >= 4 is 11.8 Å². The lowest BCUT2D eigenvalue weighted by Gasteiger charge is -2.03. The van der Waals surface area contributed by atoms with E-state index in [1.165, 1.54) is 18.6 Å². The van der Waals surface area contributed by atoms with Crippen molar-refractivity contribution in [2.75, 3.05) is 12.3 Å². The van der Waals surface area contributed by atoms with Crippen molar-refractivity contribution < 1.29 is 4.42 Å². The van der Waals surface area contributed by atoms with Gasteiger partial charge >= 0.3 is 0 Å². The van der Waals surface area contributed by atoms with Crippen molar-refractivity contribution in [2.24, 2.45) is 5.73 Å². The first-order chi connectivity index (χ1) is 6.88. The number of thioether (sulfide) groups is 1. The molecule has 0 spiro atoms. The van der Waals surface area contributed by atoms with Crippen LogP contribution in [0.5, 0.6) is 0 Å². The van der Waals surface area contributed by atoms with Gasteiger partial charge in [0.2, 0.25) is 0 Å². The summed E-state index contributed by atoms with van der Waals surface area (Å²) in [5.74, 6) is 3.10. The minimum absolute atomic E-state index is 0.632. The summed E-state index contributed by atoms with van der Waals surface area (Å²) >= 11 is 2.04. The van der Waals surface area contributed by atoms with Crippen molar-refractivity contribution in [3.8, 4) is 0 Å². The van der Waals surface area contributed by atoms with Gasteiger partial charge in [0.1, 0.15) is 5.76 Å². The molecule has 0 amide bonds. The van der Waals surface area contributed by atoms with E-state index in [9.17, 15) is 0 Å². The Bertz CT molecular complexity index is 281. The lowest BCUT2D eigenvalue weighted by molar-refractivity contribution is 0.451. The molecule has 0 radical (unpaired) electrons. The fourth-order valence-corrected chi connectivity index (χ4v) is 2.96. The van der Waals surface area contributed by atoms with Gasteiger partial charge in [-0.05, 0) is 25.1 Å². The Kier molecular flexibility index (Phi) is 3.48. The van der Waals surface area contributed by atoms with Gasteiger partial charge in [-0.3, -0.25) is 0 Å². The fraction of sp³-hybridized carbons (Fsp3) is 0.700. The number of rotatable bonds is 4. The number of hydrogen-bond donors (Lipinski definition) is 1. The zero-order chi connectivity index (χ0) is 9.80. The van der Waals surface area contributed by atoms with E-state index in [2.05, 4.69) is 4.98 Å². The lowest BCUT2D eigenvalue weighted by Crippen LogP contribution is -2.02. The highest BCUT2D eigenvalue weighted by atomic mass is 32.2. The molecule has 2 heterocycles. The molecular weight excluding hydrogens is 196 g/mol. The minimum atomic E-state index is 0.632. The standard InChI is InChI=1S/C10H16N2OS/c11-4-3-8-7-12-10(13-8)6-9-2-1-5-14-9/h7,9H,1-6,11H2.